The van der Waals surface area contributed by atoms with Crippen LogP contribution < -0.4 is 11.5 Å². The molecule has 0 amide bonds. The van der Waals surface area contributed by atoms with E-state index in [1.807, 2.05) is 12.1 Å². The number of benzene rings is 3. The van der Waals surface area contributed by atoms with Crippen molar-refractivity contribution in [3.8, 4) is 5.75 Å². The maximum Gasteiger partial charge on any atom is 0.303 e. The molecule has 0 heterocycles. The van der Waals surface area contributed by atoms with E-state index < -0.39 is 5.97 Å². The van der Waals surface area contributed by atoms with E-state index in [9.17, 15) is 9.90 Å². The lowest BCUT2D eigenvalue weighted by atomic mass is 10.1. The first-order valence-electron chi connectivity index (χ1n) is 11.0. The molecule has 11 nitrogen and oxygen atoms in total. The Hall–Kier alpha value is -4.93. The fourth-order valence-corrected chi connectivity index (χ4v) is 3.03. The van der Waals surface area contributed by atoms with Crippen molar-refractivity contribution in [1.82, 2.24) is 0 Å². The molecule has 0 aliphatic carbocycles. The molecule has 3 aromatic rings. The molecule has 0 atom stereocenters. The summed E-state index contributed by atoms with van der Waals surface area (Å²) in [6.07, 6.45) is 1.31. The van der Waals surface area contributed by atoms with Crippen LogP contribution in [0.2, 0.25) is 0 Å². The third-order valence-electron chi connectivity index (χ3n) is 4.87. The second-order valence-corrected chi connectivity index (χ2v) is 7.81. The number of nitrogens with zero attached hydrogens (tertiary/aromatic N) is 6. The number of hydrogen-bond donors (Lipinski definition) is 4. The number of aryl methyl sites for hydroxylation is 1. The van der Waals surface area contributed by atoms with E-state index in [-0.39, 0.29) is 18.0 Å². The standard InChI is InChI=1S/C25H26N8O3/c26-23(30-32-28-20-8-1-17(2-9-20)7-14-25(35)36)15-18-3-10-21(11-4-18)29-33-31-24(27)16-19-5-12-22(34)13-6-19/h1-6,8-13,34H,7,14-16H2,(H,35,36)(H2,26,28,30)(H2,27,29,31). The summed E-state index contributed by atoms with van der Waals surface area (Å²) in [5, 5.41) is 41.4. The molecule has 0 radical (unpaired) electrons. The molecule has 0 saturated heterocycles. The highest BCUT2D eigenvalue weighted by Crippen LogP contribution is 2.16. The molecule has 0 aliphatic rings. The third kappa shape index (κ3) is 9.14. The number of carbonyl (C=O) groups is 1. The number of hydrogen-bond acceptors (Lipinski definition) is 6. The predicted molar refractivity (Wildman–Crippen MR) is 137 cm³/mol. The van der Waals surface area contributed by atoms with Gasteiger partial charge in [0.15, 0.2) is 0 Å². The number of aliphatic carboxylic acids is 1. The van der Waals surface area contributed by atoms with Crippen molar-refractivity contribution < 1.29 is 15.0 Å². The molecule has 184 valence electrons. The van der Waals surface area contributed by atoms with E-state index >= 15 is 0 Å². The second kappa shape index (κ2) is 13.1. The average molecular weight is 487 g/mol. The number of rotatable bonds is 11. The maximum absolute atomic E-state index is 10.6. The van der Waals surface area contributed by atoms with Crippen molar-refractivity contribution in [1.29, 1.82) is 0 Å². The highest BCUT2D eigenvalue weighted by Gasteiger charge is 2.01. The van der Waals surface area contributed by atoms with Crippen LogP contribution in [0.5, 0.6) is 5.75 Å². The summed E-state index contributed by atoms with van der Waals surface area (Å²) < 4.78 is 0. The van der Waals surface area contributed by atoms with E-state index in [1.165, 1.54) is 0 Å². The quantitative estimate of drug-likeness (QED) is 0.133. The Morgan fingerprint density at radius 2 is 1.08 bits per heavy atom. The Kier molecular flexibility index (Phi) is 9.34. The summed E-state index contributed by atoms with van der Waals surface area (Å²) in [5.74, 6) is -0.0563. The van der Waals surface area contributed by atoms with Crippen molar-refractivity contribution in [2.45, 2.75) is 25.7 Å². The Morgan fingerprint density at radius 3 is 1.53 bits per heavy atom. The second-order valence-electron chi connectivity index (χ2n) is 7.81. The van der Waals surface area contributed by atoms with Gasteiger partial charge < -0.3 is 21.7 Å². The van der Waals surface area contributed by atoms with Gasteiger partial charge >= 0.3 is 5.97 Å². The Labute approximate surface area is 207 Å². The summed E-state index contributed by atoms with van der Waals surface area (Å²) in [6.45, 7) is 0. The summed E-state index contributed by atoms with van der Waals surface area (Å²) in [7, 11) is 0. The van der Waals surface area contributed by atoms with E-state index in [1.54, 1.807) is 60.7 Å². The summed E-state index contributed by atoms with van der Waals surface area (Å²) in [6, 6.07) is 21.0. The van der Waals surface area contributed by atoms with E-state index in [0.717, 1.165) is 16.7 Å². The number of amidine groups is 2. The Morgan fingerprint density at radius 1 is 0.667 bits per heavy atom. The number of carboxylic acid groups (broad SMARTS) is 1. The average Bonchev–Trinajstić information content (AvgIpc) is 2.86. The zero-order valence-electron chi connectivity index (χ0n) is 19.4. The molecule has 0 unspecified atom stereocenters. The van der Waals surface area contributed by atoms with Crippen LogP contribution in [0.4, 0.5) is 11.4 Å². The molecule has 36 heavy (non-hydrogen) atoms. The van der Waals surface area contributed by atoms with Gasteiger partial charge in [-0.3, -0.25) is 4.79 Å². The summed E-state index contributed by atoms with van der Waals surface area (Å²) in [5.41, 5.74) is 15.7. The van der Waals surface area contributed by atoms with Crippen molar-refractivity contribution in [2.24, 2.45) is 42.3 Å². The molecular formula is C25H26N8O3. The molecular weight excluding hydrogens is 460 g/mol. The van der Waals surface area contributed by atoms with Crippen molar-refractivity contribution in [2.75, 3.05) is 0 Å². The van der Waals surface area contributed by atoms with E-state index in [4.69, 9.17) is 16.6 Å². The molecule has 0 fully saturated rings. The molecule has 3 aromatic carbocycles. The van der Waals surface area contributed by atoms with Crippen molar-refractivity contribution in [3.63, 3.8) is 0 Å². The Balaban J connectivity index is 1.48. The fraction of sp³-hybridized carbons (Fsp3) is 0.160. The topological polar surface area (TPSA) is 184 Å². The first-order valence-corrected chi connectivity index (χ1v) is 11.0. The van der Waals surface area contributed by atoms with Gasteiger partial charge in [0.2, 0.25) is 0 Å². The van der Waals surface area contributed by atoms with Crippen LogP contribution >= 0.6 is 0 Å². The monoisotopic (exact) mass is 486 g/mol. The fourth-order valence-electron chi connectivity index (χ4n) is 3.03. The van der Waals surface area contributed by atoms with Gasteiger partial charge in [0.1, 0.15) is 17.4 Å². The van der Waals surface area contributed by atoms with Crippen molar-refractivity contribution in [3.05, 3.63) is 89.5 Å². The molecule has 3 rings (SSSR count). The molecule has 0 bridgehead atoms. The molecule has 11 heteroatoms. The first-order chi connectivity index (χ1) is 17.4. The van der Waals surface area contributed by atoms with Gasteiger partial charge in [-0.2, -0.15) is 0 Å². The number of phenols is 1. The third-order valence-corrected chi connectivity index (χ3v) is 4.87. The van der Waals surface area contributed by atoms with Crippen LogP contribution in [0.1, 0.15) is 23.1 Å². The minimum Gasteiger partial charge on any atom is -0.508 e. The van der Waals surface area contributed by atoms with E-state index in [2.05, 4.69) is 30.9 Å². The molecule has 0 aromatic heterocycles. The lowest BCUT2D eigenvalue weighted by Gasteiger charge is -2.00. The van der Waals surface area contributed by atoms with Gasteiger partial charge in [-0.1, -0.05) is 36.4 Å². The van der Waals surface area contributed by atoms with Gasteiger partial charge in [0.05, 0.1) is 11.4 Å². The van der Waals surface area contributed by atoms with Crippen LogP contribution in [-0.2, 0) is 24.1 Å². The van der Waals surface area contributed by atoms with Gasteiger partial charge in [-0.25, -0.2) is 0 Å². The molecule has 0 aliphatic heterocycles. The minimum atomic E-state index is -0.833. The smallest absolute Gasteiger partial charge is 0.303 e. The largest absolute Gasteiger partial charge is 0.508 e. The van der Waals surface area contributed by atoms with Gasteiger partial charge in [-0.05, 0) is 70.0 Å². The van der Waals surface area contributed by atoms with Crippen LogP contribution in [0.15, 0.2) is 104 Å². The maximum atomic E-state index is 10.6. The lowest BCUT2D eigenvalue weighted by Crippen LogP contribution is -2.14. The highest BCUT2D eigenvalue weighted by atomic mass is 16.4. The van der Waals surface area contributed by atoms with Crippen LogP contribution in [0.3, 0.4) is 0 Å². The highest BCUT2D eigenvalue weighted by molar-refractivity contribution is 5.83. The van der Waals surface area contributed by atoms with Crippen LogP contribution in [-0.4, -0.2) is 27.9 Å². The van der Waals surface area contributed by atoms with Crippen LogP contribution in [0.25, 0.3) is 0 Å². The minimum absolute atomic E-state index is 0.0795. The van der Waals surface area contributed by atoms with Crippen LogP contribution in [0, 0.1) is 0 Å². The summed E-state index contributed by atoms with van der Waals surface area (Å²) in [4.78, 5) is 10.6. The molecule has 0 spiro atoms. The number of phenolic OH excluding ortho intramolecular Hbond substituents is 1. The molecule has 0 saturated carbocycles. The zero-order chi connectivity index (χ0) is 25.8. The van der Waals surface area contributed by atoms with Gasteiger partial charge in [0, 0.05) is 19.3 Å². The summed E-state index contributed by atoms with van der Waals surface area (Å²) >= 11 is 0. The molecule has 6 N–H and O–H groups in total. The SMILES string of the molecule is N/C(Cc1ccc(N=N/N=C(\N)Cc2ccc(O)cc2)cc1)=N\N=Nc1ccc(CCC(=O)O)cc1. The van der Waals surface area contributed by atoms with Gasteiger partial charge in [0.25, 0.3) is 0 Å². The van der Waals surface area contributed by atoms with Crippen molar-refractivity contribution >= 4 is 29.0 Å². The number of nitrogens with two attached hydrogens (primary N) is 2. The van der Waals surface area contributed by atoms with Gasteiger partial charge in [-0.15, -0.1) is 20.4 Å². The van der Waals surface area contributed by atoms with E-state index in [0.29, 0.717) is 36.5 Å². The normalized spacial score (nSPS) is 12.4. The number of aromatic hydroxyl groups is 1. The zero-order valence-corrected chi connectivity index (χ0v) is 19.4. The first kappa shape index (κ1) is 25.7. The predicted octanol–water partition coefficient (Wildman–Crippen LogP) is 4.61. The Bertz CT molecular complexity index is 1270. The number of carboxylic acids is 1. The lowest BCUT2D eigenvalue weighted by molar-refractivity contribution is -0.136.